The van der Waals surface area contributed by atoms with Crippen molar-refractivity contribution in [3.05, 3.63) is 39.9 Å². The molecule has 3 rings (SSSR count). The lowest BCUT2D eigenvalue weighted by molar-refractivity contribution is -0.384. The van der Waals surface area contributed by atoms with Crippen LogP contribution < -0.4 is 10.6 Å². The van der Waals surface area contributed by atoms with E-state index >= 15 is 0 Å². The van der Waals surface area contributed by atoms with Gasteiger partial charge in [0, 0.05) is 43.9 Å². The quantitative estimate of drug-likeness (QED) is 0.419. The van der Waals surface area contributed by atoms with E-state index in [1.54, 1.807) is 12.1 Å². The topological polar surface area (TPSA) is 108 Å². The van der Waals surface area contributed by atoms with Crippen molar-refractivity contribution < 1.29 is 14.8 Å². The number of piperidine rings is 1. The van der Waals surface area contributed by atoms with Crippen LogP contribution in [0, 0.1) is 22.0 Å². The van der Waals surface area contributed by atoms with Crippen LogP contribution in [0.15, 0.2) is 24.3 Å². The smallest absolute Gasteiger partial charge is 0.269 e. The number of β-amino-alcohol motifs (C(OH)–C–C–N with tert-alkyl or cyclic N) is 1. The molecule has 4 atom stereocenters. The second kappa shape index (κ2) is 10.7. The Morgan fingerprint density at radius 1 is 1.22 bits per heavy atom. The van der Waals surface area contributed by atoms with Crippen LogP contribution in [0.1, 0.15) is 58.4 Å². The SMILES string of the molecule is CC(C)(C)NC(=O)[C@@H]1C[C@@H]2CCCC[C@@H]2CN1C[C@H](O)CNCc1ccc([N+](=O)[O-])cc1. The minimum Gasteiger partial charge on any atom is -0.390 e. The summed E-state index contributed by atoms with van der Waals surface area (Å²) in [4.78, 5) is 25.6. The Balaban J connectivity index is 1.55. The van der Waals surface area contributed by atoms with E-state index in [0.717, 1.165) is 18.5 Å². The van der Waals surface area contributed by atoms with Gasteiger partial charge in [0.15, 0.2) is 0 Å². The molecule has 2 aliphatic rings. The second-order valence-corrected chi connectivity index (χ2v) is 10.5. The summed E-state index contributed by atoms with van der Waals surface area (Å²) in [6.45, 7) is 8.24. The Bertz CT molecular complexity index is 777. The highest BCUT2D eigenvalue weighted by atomic mass is 16.6. The van der Waals surface area contributed by atoms with Crippen molar-refractivity contribution >= 4 is 11.6 Å². The van der Waals surface area contributed by atoms with Crippen molar-refractivity contribution in [3.63, 3.8) is 0 Å². The molecule has 1 heterocycles. The molecule has 3 N–H and O–H groups in total. The molecule has 0 bridgehead atoms. The zero-order valence-corrected chi connectivity index (χ0v) is 19.5. The molecule has 0 spiro atoms. The Morgan fingerprint density at radius 3 is 2.50 bits per heavy atom. The third-order valence-electron chi connectivity index (χ3n) is 6.60. The number of non-ortho nitro benzene ring substituents is 1. The molecule has 32 heavy (non-hydrogen) atoms. The highest BCUT2D eigenvalue weighted by Gasteiger charge is 2.40. The molecule has 178 valence electrons. The molecule has 8 heteroatoms. The van der Waals surface area contributed by atoms with Gasteiger partial charge in [-0.3, -0.25) is 19.8 Å². The number of hydrogen-bond acceptors (Lipinski definition) is 6. The van der Waals surface area contributed by atoms with E-state index in [-0.39, 0.29) is 23.2 Å². The molecule has 1 saturated carbocycles. The van der Waals surface area contributed by atoms with Crippen LogP contribution >= 0.6 is 0 Å². The molecule has 1 saturated heterocycles. The van der Waals surface area contributed by atoms with Gasteiger partial charge in [0.2, 0.25) is 5.91 Å². The van der Waals surface area contributed by atoms with Gasteiger partial charge in [-0.05, 0) is 51.0 Å². The van der Waals surface area contributed by atoms with Gasteiger partial charge < -0.3 is 15.7 Å². The second-order valence-electron chi connectivity index (χ2n) is 10.5. The molecule has 1 aromatic rings. The van der Waals surface area contributed by atoms with Crippen LogP contribution in [0.5, 0.6) is 0 Å². The third-order valence-corrected chi connectivity index (χ3v) is 6.60. The Hall–Kier alpha value is -2.03. The minimum atomic E-state index is -0.599. The van der Waals surface area contributed by atoms with Gasteiger partial charge >= 0.3 is 0 Å². The molecule has 1 amide bonds. The molecule has 1 aliphatic carbocycles. The molecule has 2 fully saturated rings. The monoisotopic (exact) mass is 446 g/mol. The van der Waals surface area contributed by atoms with Crippen molar-refractivity contribution in [1.29, 1.82) is 0 Å². The number of likely N-dealkylation sites (tertiary alicyclic amines) is 1. The highest BCUT2D eigenvalue weighted by molar-refractivity contribution is 5.82. The number of carbonyl (C=O) groups is 1. The number of benzene rings is 1. The first-order valence-corrected chi connectivity index (χ1v) is 11.8. The molecule has 0 radical (unpaired) electrons. The summed E-state index contributed by atoms with van der Waals surface area (Å²) in [7, 11) is 0. The largest absolute Gasteiger partial charge is 0.390 e. The van der Waals surface area contributed by atoms with Crippen LogP contribution in [-0.2, 0) is 11.3 Å². The average Bonchev–Trinajstić information content (AvgIpc) is 2.72. The number of nitro groups is 1. The Labute approximate surface area is 190 Å². The molecular weight excluding hydrogens is 408 g/mol. The van der Waals surface area contributed by atoms with Crippen LogP contribution in [-0.4, -0.2) is 58.2 Å². The number of amides is 1. The highest BCUT2D eigenvalue weighted by Crippen LogP contribution is 2.38. The van der Waals surface area contributed by atoms with E-state index in [1.807, 2.05) is 20.8 Å². The summed E-state index contributed by atoms with van der Waals surface area (Å²) in [5, 5.41) is 27.8. The van der Waals surface area contributed by atoms with E-state index in [9.17, 15) is 20.0 Å². The van der Waals surface area contributed by atoms with Crippen LogP contribution in [0.3, 0.4) is 0 Å². The van der Waals surface area contributed by atoms with Gasteiger partial charge in [0.25, 0.3) is 5.69 Å². The Morgan fingerprint density at radius 2 is 1.88 bits per heavy atom. The fourth-order valence-electron chi connectivity index (χ4n) is 5.08. The zero-order chi connectivity index (χ0) is 23.3. The molecule has 0 unspecified atom stereocenters. The fourth-order valence-corrected chi connectivity index (χ4v) is 5.08. The molecule has 1 aromatic carbocycles. The zero-order valence-electron chi connectivity index (χ0n) is 19.5. The summed E-state index contributed by atoms with van der Waals surface area (Å²) >= 11 is 0. The lowest BCUT2D eigenvalue weighted by Gasteiger charge is -2.46. The van der Waals surface area contributed by atoms with E-state index in [4.69, 9.17) is 0 Å². The number of fused-ring (bicyclic) bond motifs is 1. The predicted octanol–water partition coefficient (Wildman–Crippen LogP) is 2.84. The number of nitro benzene ring substituents is 1. The predicted molar refractivity (Wildman–Crippen MR) is 124 cm³/mol. The van der Waals surface area contributed by atoms with Crippen LogP contribution in [0.25, 0.3) is 0 Å². The first-order chi connectivity index (χ1) is 15.1. The fraction of sp³-hybridized carbons (Fsp3) is 0.708. The summed E-state index contributed by atoms with van der Waals surface area (Å²) in [6.07, 6.45) is 5.20. The number of aliphatic hydroxyl groups excluding tert-OH is 1. The van der Waals surface area contributed by atoms with E-state index in [0.29, 0.717) is 31.5 Å². The summed E-state index contributed by atoms with van der Waals surface area (Å²) < 4.78 is 0. The van der Waals surface area contributed by atoms with Crippen molar-refractivity contribution in [1.82, 2.24) is 15.5 Å². The molecule has 1 aliphatic heterocycles. The maximum absolute atomic E-state index is 13.1. The third kappa shape index (κ3) is 6.98. The van der Waals surface area contributed by atoms with E-state index < -0.39 is 11.0 Å². The number of aliphatic hydroxyl groups is 1. The molecule has 0 aromatic heterocycles. The normalized spacial score (nSPS) is 25.1. The lowest BCUT2D eigenvalue weighted by atomic mass is 9.72. The number of nitrogens with zero attached hydrogens (tertiary/aromatic N) is 2. The van der Waals surface area contributed by atoms with Gasteiger partial charge in [-0.25, -0.2) is 0 Å². The number of hydrogen-bond donors (Lipinski definition) is 3. The van der Waals surface area contributed by atoms with Gasteiger partial charge in [0.05, 0.1) is 17.1 Å². The van der Waals surface area contributed by atoms with Crippen molar-refractivity contribution in [2.24, 2.45) is 11.8 Å². The van der Waals surface area contributed by atoms with Crippen molar-refractivity contribution in [2.75, 3.05) is 19.6 Å². The first kappa shape index (κ1) is 24.6. The van der Waals surface area contributed by atoms with Gasteiger partial charge in [0.1, 0.15) is 0 Å². The number of rotatable bonds is 8. The lowest BCUT2D eigenvalue weighted by Crippen LogP contribution is -2.59. The van der Waals surface area contributed by atoms with Gasteiger partial charge in [-0.2, -0.15) is 0 Å². The Kier molecular flexibility index (Phi) is 8.25. The maximum atomic E-state index is 13.1. The standard InChI is InChI=1S/C24H38N4O4/c1-24(2,3)26-23(30)22-12-18-6-4-5-7-19(18)15-27(22)16-21(29)14-25-13-17-8-10-20(11-9-17)28(31)32/h8-11,18-19,21-22,25,29H,4-7,12-16H2,1-3H3,(H,26,30)/t18-,19+,21+,22-/m0/s1. The first-order valence-electron chi connectivity index (χ1n) is 11.8. The van der Waals surface area contributed by atoms with E-state index in [2.05, 4.69) is 15.5 Å². The number of carbonyl (C=O) groups excluding carboxylic acids is 1. The van der Waals surface area contributed by atoms with E-state index in [1.165, 1.54) is 37.8 Å². The summed E-state index contributed by atoms with van der Waals surface area (Å²) in [5.41, 5.74) is 0.713. The van der Waals surface area contributed by atoms with Crippen LogP contribution in [0.2, 0.25) is 0 Å². The number of nitrogens with one attached hydrogen (secondary N) is 2. The van der Waals surface area contributed by atoms with Gasteiger partial charge in [-0.1, -0.05) is 31.4 Å². The molecule has 8 nitrogen and oxygen atoms in total. The summed E-state index contributed by atoms with van der Waals surface area (Å²) in [5.74, 6) is 1.28. The van der Waals surface area contributed by atoms with Gasteiger partial charge in [-0.15, -0.1) is 0 Å². The minimum absolute atomic E-state index is 0.0626. The maximum Gasteiger partial charge on any atom is 0.269 e. The van der Waals surface area contributed by atoms with Crippen LogP contribution in [0.4, 0.5) is 5.69 Å². The average molecular weight is 447 g/mol. The summed E-state index contributed by atoms with van der Waals surface area (Å²) in [6, 6.07) is 6.22. The molecular formula is C24H38N4O4. The van der Waals surface area contributed by atoms with Crippen molar-refractivity contribution in [2.45, 2.75) is 77.1 Å². The van der Waals surface area contributed by atoms with Crippen molar-refractivity contribution in [3.8, 4) is 0 Å².